The average molecular weight is 307 g/mol. The largest absolute Gasteiger partial charge is 0.497 e. The molecule has 0 bridgehead atoms. The monoisotopic (exact) mass is 307 g/mol. The van der Waals surface area contributed by atoms with Gasteiger partial charge in [0.05, 0.1) is 13.2 Å². The lowest BCUT2D eigenvalue weighted by molar-refractivity contribution is -0.121. The van der Waals surface area contributed by atoms with Crippen LogP contribution in [0.4, 0.5) is 0 Å². The fraction of sp³-hybridized carbons (Fsp3) is 0.529. The normalized spacial score (nSPS) is 11.8. The third kappa shape index (κ3) is 7.22. The Morgan fingerprint density at radius 3 is 2.36 bits per heavy atom. The van der Waals surface area contributed by atoms with Crippen molar-refractivity contribution in [2.75, 3.05) is 13.7 Å². The summed E-state index contributed by atoms with van der Waals surface area (Å²) in [6, 6.07) is 7.10. The molecule has 0 saturated carbocycles. The van der Waals surface area contributed by atoms with Gasteiger partial charge in [0, 0.05) is 19.4 Å². The standard InChI is InChI=1S/C17H25NO4/c1-13(19)6-4-3-5-7-17(21)18-12-16(20)14-8-10-15(22-2)11-9-14/h8-11,16,20H,3-7,12H2,1-2H3,(H,18,21). The van der Waals surface area contributed by atoms with Crippen LogP contribution in [0.25, 0.3) is 0 Å². The Kier molecular flexibility index (Phi) is 8.22. The van der Waals surface area contributed by atoms with Crippen molar-refractivity contribution in [3.05, 3.63) is 29.8 Å². The Morgan fingerprint density at radius 2 is 1.77 bits per heavy atom. The van der Waals surface area contributed by atoms with Crippen molar-refractivity contribution >= 4 is 11.7 Å². The molecule has 0 aliphatic heterocycles. The molecule has 5 heteroatoms. The van der Waals surface area contributed by atoms with Crippen LogP contribution in [0.2, 0.25) is 0 Å². The molecule has 1 rings (SSSR count). The average Bonchev–Trinajstić information content (AvgIpc) is 2.52. The summed E-state index contributed by atoms with van der Waals surface area (Å²) < 4.78 is 5.05. The number of hydrogen-bond acceptors (Lipinski definition) is 4. The molecule has 1 aromatic rings. The van der Waals surface area contributed by atoms with Gasteiger partial charge in [0.25, 0.3) is 0 Å². The van der Waals surface area contributed by atoms with Crippen molar-refractivity contribution < 1.29 is 19.4 Å². The number of rotatable bonds is 10. The van der Waals surface area contributed by atoms with Gasteiger partial charge in [0.15, 0.2) is 0 Å². The zero-order valence-corrected chi connectivity index (χ0v) is 13.3. The van der Waals surface area contributed by atoms with Crippen molar-refractivity contribution in [3.8, 4) is 5.75 Å². The number of methoxy groups -OCH3 is 1. The first kappa shape index (κ1) is 18.2. The second kappa shape index (κ2) is 9.95. The molecule has 2 N–H and O–H groups in total. The van der Waals surface area contributed by atoms with Gasteiger partial charge in [-0.15, -0.1) is 0 Å². The van der Waals surface area contributed by atoms with Crippen LogP contribution in [0.3, 0.4) is 0 Å². The second-order valence-corrected chi connectivity index (χ2v) is 5.36. The maximum atomic E-state index is 11.7. The summed E-state index contributed by atoms with van der Waals surface area (Å²) in [6.07, 6.45) is 2.74. The Labute approximate surface area is 131 Å². The summed E-state index contributed by atoms with van der Waals surface area (Å²) >= 11 is 0. The zero-order valence-electron chi connectivity index (χ0n) is 13.3. The van der Waals surface area contributed by atoms with E-state index >= 15 is 0 Å². The summed E-state index contributed by atoms with van der Waals surface area (Å²) in [6.45, 7) is 1.77. The number of carbonyl (C=O) groups excluding carboxylic acids is 2. The SMILES string of the molecule is COc1ccc(C(O)CNC(=O)CCCCCC(C)=O)cc1. The number of amides is 1. The minimum atomic E-state index is -0.729. The van der Waals surface area contributed by atoms with Crippen LogP contribution in [0.1, 0.15) is 50.7 Å². The first-order chi connectivity index (χ1) is 10.5. The van der Waals surface area contributed by atoms with Crippen molar-refractivity contribution in [2.24, 2.45) is 0 Å². The van der Waals surface area contributed by atoms with E-state index in [0.717, 1.165) is 30.6 Å². The Morgan fingerprint density at radius 1 is 1.14 bits per heavy atom. The van der Waals surface area contributed by atoms with E-state index in [9.17, 15) is 14.7 Å². The topological polar surface area (TPSA) is 75.6 Å². The number of aliphatic hydroxyl groups is 1. The highest BCUT2D eigenvalue weighted by Gasteiger charge is 2.09. The first-order valence-corrected chi connectivity index (χ1v) is 7.61. The van der Waals surface area contributed by atoms with Crippen LogP contribution in [0.5, 0.6) is 5.75 Å². The summed E-state index contributed by atoms with van der Waals surface area (Å²) in [7, 11) is 1.59. The van der Waals surface area contributed by atoms with Crippen molar-refractivity contribution in [1.29, 1.82) is 0 Å². The molecular formula is C17H25NO4. The molecule has 1 amide bonds. The van der Waals surface area contributed by atoms with Crippen LogP contribution in [-0.4, -0.2) is 30.5 Å². The highest BCUT2D eigenvalue weighted by molar-refractivity contribution is 5.76. The zero-order chi connectivity index (χ0) is 16.4. The van der Waals surface area contributed by atoms with E-state index in [1.165, 1.54) is 0 Å². The lowest BCUT2D eigenvalue weighted by Crippen LogP contribution is -2.28. The number of aliphatic hydroxyl groups excluding tert-OH is 1. The van der Waals surface area contributed by atoms with E-state index in [0.29, 0.717) is 12.8 Å². The van der Waals surface area contributed by atoms with E-state index in [-0.39, 0.29) is 18.2 Å². The predicted molar refractivity (Wildman–Crippen MR) is 84.7 cm³/mol. The molecule has 0 aliphatic carbocycles. The third-order valence-electron chi connectivity index (χ3n) is 3.43. The first-order valence-electron chi connectivity index (χ1n) is 7.61. The van der Waals surface area contributed by atoms with Gasteiger partial charge in [0.2, 0.25) is 5.91 Å². The Hall–Kier alpha value is -1.88. The fourth-order valence-corrected chi connectivity index (χ4v) is 2.08. The Bertz CT molecular complexity index is 470. The lowest BCUT2D eigenvalue weighted by atomic mass is 10.1. The molecule has 0 aromatic heterocycles. The minimum Gasteiger partial charge on any atom is -0.497 e. The number of Topliss-reactive ketones (excluding diaryl/α,β-unsaturated/α-hetero) is 1. The molecule has 0 aliphatic rings. The van der Waals surface area contributed by atoms with E-state index < -0.39 is 6.10 Å². The highest BCUT2D eigenvalue weighted by atomic mass is 16.5. The quantitative estimate of drug-likeness (QED) is 0.651. The van der Waals surface area contributed by atoms with Gasteiger partial charge in [-0.2, -0.15) is 0 Å². The summed E-state index contributed by atoms with van der Waals surface area (Å²) in [5.74, 6) is 0.841. The fourth-order valence-electron chi connectivity index (χ4n) is 2.08. The molecule has 0 radical (unpaired) electrons. The molecule has 0 fully saturated rings. The van der Waals surface area contributed by atoms with Gasteiger partial charge < -0.3 is 20.0 Å². The molecule has 1 unspecified atom stereocenters. The van der Waals surface area contributed by atoms with Crippen LogP contribution in [0, 0.1) is 0 Å². The summed E-state index contributed by atoms with van der Waals surface area (Å²) in [5, 5.41) is 12.7. The minimum absolute atomic E-state index is 0.0737. The number of benzene rings is 1. The van der Waals surface area contributed by atoms with E-state index in [4.69, 9.17) is 4.74 Å². The number of ether oxygens (including phenoxy) is 1. The predicted octanol–water partition coefficient (Wildman–Crippen LogP) is 2.38. The van der Waals surface area contributed by atoms with E-state index in [1.807, 2.05) is 0 Å². The maximum Gasteiger partial charge on any atom is 0.220 e. The van der Waals surface area contributed by atoms with Gasteiger partial charge in [0.1, 0.15) is 11.5 Å². The smallest absolute Gasteiger partial charge is 0.220 e. The third-order valence-corrected chi connectivity index (χ3v) is 3.43. The van der Waals surface area contributed by atoms with Crippen LogP contribution < -0.4 is 10.1 Å². The number of carbonyl (C=O) groups is 2. The molecule has 5 nitrogen and oxygen atoms in total. The van der Waals surface area contributed by atoms with Crippen molar-refractivity contribution in [2.45, 2.75) is 45.1 Å². The van der Waals surface area contributed by atoms with Crippen LogP contribution >= 0.6 is 0 Å². The van der Waals surface area contributed by atoms with Gasteiger partial charge in [-0.1, -0.05) is 18.6 Å². The van der Waals surface area contributed by atoms with Crippen LogP contribution in [0.15, 0.2) is 24.3 Å². The van der Waals surface area contributed by atoms with Gasteiger partial charge in [-0.3, -0.25) is 4.79 Å². The molecule has 1 atom stereocenters. The van der Waals surface area contributed by atoms with Crippen molar-refractivity contribution in [3.63, 3.8) is 0 Å². The van der Waals surface area contributed by atoms with Crippen molar-refractivity contribution in [1.82, 2.24) is 5.32 Å². The number of nitrogens with one attached hydrogen (secondary N) is 1. The second-order valence-electron chi connectivity index (χ2n) is 5.36. The lowest BCUT2D eigenvalue weighted by Gasteiger charge is -2.12. The Balaban J connectivity index is 2.20. The molecule has 0 spiro atoms. The molecule has 122 valence electrons. The molecular weight excluding hydrogens is 282 g/mol. The maximum absolute atomic E-state index is 11.7. The summed E-state index contributed by atoms with van der Waals surface area (Å²) in [5.41, 5.74) is 0.738. The summed E-state index contributed by atoms with van der Waals surface area (Å²) in [4.78, 5) is 22.4. The van der Waals surface area contributed by atoms with Crippen LogP contribution in [-0.2, 0) is 9.59 Å². The van der Waals surface area contributed by atoms with E-state index in [2.05, 4.69) is 5.32 Å². The number of hydrogen-bond donors (Lipinski definition) is 2. The van der Waals surface area contributed by atoms with Gasteiger partial charge in [-0.25, -0.2) is 0 Å². The van der Waals surface area contributed by atoms with Gasteiger partial charge >= 0.3 is 0 Å². The molecule has 0 saturated heterocycles. The highest BCUT2D eigenvalue weighted by Crippen LogP contribution is 2.17. The number of ketones is 1. The molecule has 22 heavy (non-hydrogen) atoms. The number of unbranched alkanes of at least 4 members (excludes halogenated alkanes) is 2. The van der Waals surface area contributed by atoms with E-state index in [1.54, 1.807) is 38.3 Å². The van der Waals surface area contributed by atoms with Gasteiger partial charge in [-0.05, 0) is 37.5 Å². The molecule has 1 aromatic carbocycles. The molecule has 0 heterocycles.